The summed E-state index contributed by atoms with van der Waals surface area (Å²) < 4.78 is 11.9. The van der Waals surface area contributed by atoms with Gasteiger partial charge in [0, 0.05) is 25.1 Å². The van der Waals surface area contributed by atoms with Crippen LogP contribution in [0.25, 0.3) is 10.2 Å². The molecule has 2 heterocycles. The van der Waals surface area contributed by atoms with Crippen LogP contribution in [0.4, 0.5) is 5.13 Å². The van der Waals surface area contributed by atoms with Crippen LogP contribution in [-0.2, 0) is 9.53 Å². The molecule has 1 aliphatic rings. The smallest absolute Gasteiger partial charge is 0.251 e. The van der Waals surface area contributed by atoms with E-state index in [1.54, 1.807) is 36.3 Å². The number of benzene rings is 2. The van der Waals surface area contributed by atoms with Gasteiger partial charge in [0.1, 0.15) is 5.75 Å². The maximum absolute atomic E-state index is 13.1. The number of methoxy groups -OCH3 is 1. The molecule has 1 aromatic heterocycles. The number of rotatable bonds is 9. The average molecular weight is 454 g/mol. The standard InChI is InChI=1S/C24H27N3O4S/c1-30-18-12-10-17(11-13-18)23(29)25-14-4-9-22(28)27(16-19-6-5-15-31-19)24-26-20-7-2-3-8-21(20)32-24/h2-3,7-8,10-13,19H,4-6,9,14-16H2,1H3,(H,25,29). The Balaban J connectivity index is 1.34. The van der Waals surface area contributed by atoms with Crippen molar-refractivity contribution < 1.29 is 19.1 Å². The molecule has 2 amide bonds. The van der Waals surface area contributed by atoms with Gasteiger partial charge in [-0.3, -0.25) is 14.5 Å². The number of para-hydroxylation sites is 1. The number of ether oxygens (including phenoxy) is 2. The van der Waals surface area contributed by atoms with Crippen LogP contribution in [0.3, 0.4) is 0 Å². The van der Waals surface area contributed by atoms with Gasteiger partial charge in [0.15, 0.2) is 5.13 Å². The molecule has 8 heteroatoms. The lowest BCUT2D eigenvalue weighted by Gasteiger charge is -2.23. The van der Waals surface area contributed by atoms with Gasteiger partial charge >= 0.3 is 0 Å². The molecule has 32 heavy (non-hydrogen) atoms. The molecule has 1 atom stereocenters. The van der Waals surface area contributed by atoms with Gasteiger partial charge in [-0.05, 0) is 55.7 Å². The number of fused-ring (bicyclic) bond motifs is 1. The first-order valence-electron chi connectivity index (χ1n) is 10.8. The maximum Gasteiger partial charge on any atom is 0.251 e. The molecule has 7 nitrogen and oxygen atoms in total. The Morgan fingerprint density at radius 1 is 1.22 bits per heavy atom. The molecule has 0 saturated carbocycles. The van der Waals surface area contributed by atoms with Crippen molar-refractivity contribution >= 4 is 38.5 Å². The van der Waals surface area contributed by atoms with Crippen LogP contribution in [0.15, 0.2) is 48.5 Å². The van der Waals surface area contributed by atoms with E-state index in [0.29, 0.717) is 42.4 Å². The Kier molecular flexibility index (Phi) is 7.34. The number of carbonyl (C=O) groups is 2. The van der Waals surface area contributed by atoms with E-state index in [9.17, 15) is 9.59 Å². The fraction of sp³-hybridized carbons (Fsp3) is 0.375. The summed E-state index contributed by atoms with van der Waals surface area (Å²) in [7, 11) is 1.59. The average Bonchev–Trinajstić information content (AvgIpc) is 3.49. The number of nitrogens with one attached hydrogen (secondary N) is 1. The van der Waals surface area contributed by atoms with Crippen LogP contribution < -0.4 is 15.0 Å². The van der Waals surface area contributed by atoms with Gasteiger partial charge in [0.25, 0.3) is 5.91 Å². The first-order valence-corrected chi connectivity index (χ1v) is 11.7. The molecule has 3 aromatic rings. The van der Waals surface area contributed by atoms with E-state index in [2.05, 4.69) is 10.3 Å². The molecule has 0 bridgehead atoms. The predicted molar refractivity (Wildman–Crippen MR) is 126 cm³/mol. The third kappa shape index (κ3) is 5.44. The number of nitrogens with zero attached hydrogens (tertiary/aromatic N) is 2. The van der Waals surface area contributed by atoms with E-state index >= 15 is 0 Å². The summed E-state index contributed by atoms with van der Waals surface area (Å²) in [5.74, 6) is 0.536. The van der Waals surface area contributed by atoms with E-state index in [4.69, 9.17) is 9.47 Å². The summed E-state index contributed by atoms with van der Waals surface area (Å²) in [4.78, 5) is 31.8. The SMILES string of the molecule is COc1ccc(C(=O)NCCCC(=O)N(CC2CCCO2)c2nc3ccccc3s2)cc1. The summed E-state index contributed by atoms with van der Waals surface area (Å²) >= 11 is 1.52. The Hall–Kier alpha value is -2.97. The van der Waals surface area contributed by atoms with Crippen LogP contribution in [-0.4, -0.2) is 49.7 Å². The molecule has 4 rings (SSSR count). The van der Waals surface area contributed by atoms with Gasteiger partial charge in [0.05, 0.1) is 30.0 Å². The number of thiazole rings is 1. The van der Waals surface area contributed by atoms with Crippen LogP contribution in [0.1, 0.15) is 36.0 Å². The van der Waals surface area contributed by atoms with Crippen LogP contribution in [0.2, 0.25) is 0 Å². The summed E-state index contributed by atoms with van der Waals surface area (Å²) in [5, 5.41) is 3.58. The number of aromatic nitrogens is 1. The Bertz CT molecular complexity index is 1030. The first kappa shape index (κ1) is 22.2. The van der Waals surface area contributed by atoms with E-state index in [-0.39, 0.29) is 17.9 Å². The zero-order chi connectivity index (χ0) is 22.3. The third-order valence-electron chi connectivity index (χ3n) is 5.43. The van der Waals surface area contributed by atoms with Gasteiger partial charge in [-0.25, -0.2) is 4.98 Å². The highest BCUT2D eigenvalue weighted by atomic mass is 32.1. The zero-order valence-corrected chi connectivity index (χ0v) is 18.9. The van der Waals surface area contributed by atoms with Gasteiger partial charge < -0.3 is 14.8 Å². The van der Waals surface area contributed by atoms with Crippen molar-refractivity contribution in [2.45, 2.75) is 31.8 Å². The van der Waals surface area contributed by atoms with Gasteiger partial charge in [-0.1, -0.05) is 23.5 Å². The topological polar surface area (TPSA) is 80.8 Å². The van der Waals surface area contributed by atoms with E-state index < -0.39 is 0 Å². The monoisotopic (exact) mass is 453 g/mol. The summed E-state index contributed by atoms with van der Waals surface area (Å²) in [5.41, 5.74) is 1.45. The molecule has 1 N–H and O–H groups in total. The van der Waals surface area contributed by atoms with Gasteiger partial charge in [-0.2, -0.15) is 0 Å². The van der Waals surface area contributed by atoms with Crippen molar-refractivity contribution in [1.82, 2.24) is 10.3 Å². The van der Waals surface area contributed by atoms with Gasteiger partial charge in [0.2, 0.25) is 5.91 Å². The fourth-order valence-corrected chi connectivity index (χ4v) is 4.67. The largest absolute Gasteiger partial charge is 0.497 e. The molecule has 1 fully saturated rings. The lowest BCUT2D eigenvalue weighted by Crippen LogP contribution is -2.37. The minimum absolute atomic E-state index is 0.00162. The normalized spacial score (nSPS) is 15.6. The molecule has 2 aromatic carbocycles. The third-order valence-corrected chi connectivity index (χ3v) is 6.49. The molecule has 1 unspecified atom stereocenters. The maximum atomic E-state index is 13.1. The number of carbonyl (C=O) groups excluding carboxylic acids is 2. The summed E-state index contributed by atoms with van der Waals surface area (Å²) in [6, 6.07) is 14.8. The predicted octanol–water partition coefficient (Wildman–Crippen LogP) is 4.03. The van der Waals surface area contributed by atoms with Crippen molar-refractivity contribution in [2.75, 3.05) is 31.7 Å². The van der Waals surface area contributed by atoms with Crippen LogP contribution in [0.5, 0.6) is 5.75 Å². The number of amides is 2. The second-order valence-corrected chi connectivity index (χ2v) is 8.70. The van der Waals surface area contributed by atoms with Crippen LogP contribution in [0, 0.1) is 0 Å². The zero-order valence-electron chi connectivity index (χ0n) is 18.1. The van der Waals surface area contributed by atoms with Crippen molar-refractivity contribution in [3.05, 3.63) is 54.1 Å². The number of hydrogen-bond donors (Lipinski definition) is 1. The van der Waals surface area contributed by atoms with E-state index in [1.807, 2.05) is 24.3 Å². The molecular formula is C24H27N3O4S. The van der Waals surface area contributed by atoms with E-state index in [1.165, 1.54) is 11.3 Å². The van der Waals surface area contributed by atoms with Crippen molar-refractivity contribution in [3.8, 4) is 5.75 Å². The Morgan fingerprint density at radius 3 is 2.75 bits per heavy atom. The highest BCUT2D eigenvalue weighted by Crippen LogP contribution is 2.30. The van der Waals surface area contributed by atoms with Crippen molar-refractivity contribution in [1.29, 1.82) is 0 Å². The lowest BCUT2D eigenvalue weighted by molar-refractivity contribution is -0.119. The van der Waals surface area contributed by atoms with Gasteiger partial charge in [-0.15, -0.1) is 0 Å². The van der Waals surface area contributed by atoms with Crippen molar-refractivity contribution in [2.24, 2.45) is 0 Å². The Labute approximate surface area is 191 Å². The fourth-order valence-electron chi connectivity index (χ4n) is 3.67. The second-order valence-electron chi connectivity index (χ2n) is 7.69. The molecule has 168 valence electrons. The lowest BCUT2D eigenvalue weighted by atomic mass is 10.2. The summed E-state index contributed by atoms with van der Waals surface area (Å²) in [6.45, 7) is 1.67. The highest BCUT2D eigenvalue weighted by Gasteiger charge is 2.25. The van der Waals surface area contributed by atoms with E-state index in [0.717, 1.165) is 29.7 Å². The summed E-state index contributed by atoms with van der Waals surface area (Å²) in [6.07, 6.45) is 2.89. The number of hydrogen-bond acceptors (Lipinski definition) is 6. The molecule has 0 aliphatic carbocycles. The van der Waals surface area contributed by atoms with Crippen molar-refractivity contribution in [3.63, 3.8) is 0 Å². The quantitative estimate of drug-likeness (QED) is 0.495. The highest BCUT2D eigenvalue weighted by molar-refractivity contribution is 7.22. The molecule has 0 spiro atoms. The molecule has 1 saturated heterocycles. The Morgan fingerprint density at radius 2 is 2.03 bits per heavy atom. The minimum Gasteiger partial charge on any atom is -0.497 e. The molecule has 1 aliphatic heterocycles. The molecule has 0 radical (unpaired) electrons. The second kappa shape index (κ2) is 10.6. The van der Waals surface area contributed by atoms with Crippen LogP contribution >= 0.6 is 11.3 Å². The minimum atomic E-state index is -0.164. The number of anilines is 1. The molecular weight excluding hydrogens is 426 g/mol. The first-order chi connectivity index (χ1) is 15.6.